The Kier molecular flexibility index (Phi) is 4.43. The first-order chi connectivity index (χ1) is 9.82. The van der Waals surface area contributed by atoms with E-state index < -0.39 is 39.2 Å². The van der Waals surface area contributed by atoms with E-state index in [1.807, 2.05) is 0 Å². The molecule has 0 radical (unpaired) electrons. The molecule has 1 N–H and O–H groups in total. The molecule has 1 atom stereocenters. The molecule has 1 fully saturated rings. The maximum Gasteiger partial charge on any atom is 0.387 e. The summed E-state index contributed by atoms with van der Waals surface area (Å²) < 4.78 is 54.7. The van der Waals surface area contributed by atoms with Crippen molar-refractivity contribution in [1.82, 2.24) is 4.31 Å². The first-order valence-electron chi connectivity index (χ1n) is 6.09. The summed E-state index contributed by atoms with van der Waals surface area (Å²) in [6, 6.07) is 5.04. The third-order valence-electron chi connectivity index (χ3n) is 3.18. The van der Waals surface area contributed by atoms with Crippen molar-refractivity contribution in [3.8, 4) is 5.75 Å². The van der Waals surface area contributed by atoms with Crippen LogP contribution in [-0.2, 0) is 14.8 Å². The second-order valence-electron chi connectivity index (χ2n) is 4.51. The number of para-hydroxylation sites is 1. The van der Waals surface area contributed by atoms with Crippen LogP contribution >= 0.6 is 0 Å². The van der Waals surface area contributed by atoms with Crippen molar-refractivity contribution in [2.24, 2.45) is 5.92 Å². The Morgan fingerprint density at radius 1 is 1.38 bits per heavy atom. The van der Waals surface area contributed by atoms with Gasteiger partial charge in [-0.25, -0.2) is 8.42 Å². The van der Waals surface area contributed by atoms with Gasteiger partial charge in [0.05, 0.1) is 5.92 Å². The van der Waals surface area contributed by atoms with Crippen LogP contribution in [0.3, 0.4) is 0 Å². The van der Waals surface area contributed by atoms with Crippen molar-refractivity contribution < 1.29 is 31.8 Å². The van der Waals surface area contributed by atoms with Crippen LogP contribution in [0.15, 0.2) is 29.2 Å². The lowest BCUT2D eigenvalue weighted by molar-refractivity contribution is -0.141. The molecule has 1 saturated heterocycles. The number of aliphatic carboxylic acids is 1. The van der Waals surface area contributed by atoms with E-state index in [4.69, 9.17) is 5.11 Å². The van der Waals surface area contributed by atoms with Crippen molar-refractivity contribution in [2.45, 2.75) is 17.9 Å². The maximum atomic E-state index is 12.4. The third-order valence-corrected chi connectivity index (χ3v) is 5.09. The highest BCUT2D eigenvalue weighted by molar-refractivity contribution is 7.89. The lowest BCUT2D eigenvalue weighted by atomic mass is 10.1. The summed E-state index contributed by atoms with van der Waals surface area (Å²) in [5, 5.41) is 8.90. The Morgan fingerprint density at radius 3 is 2.62 bits per heavy atom. The SMILES string of the molecule is O=C(O)C1CCN(S(=O)(=O)c2ccccc2OC(F)F)C1. The molecule has 6 nitrogen and oxygen atoms in total. The molecule has 1 aromatic carbocycles. The minimum absolute atomic E-state index is 0.0301. The number of alkyl halides is 2. The van der Waals surface area contributed by atoms with E-state index >= 15 is 0 Å². The Bertz CT molecular complexity index is 634. The number of nitrogens with zero attached hydrogens (tertiary/aromatic N) is 1. The lowest BCUT2D eigenvalue weighted by Gasteiger charge is -2.18. The van der Waals surface area contributed by atoms with Gasteiger partial charge in [-0.1, -0.05) is 12.1 Å². The number of carboxylic acids is 1. The topological polar surface area (TPSA) is 83.9 Å². The zero-order chi connectivity index (χ0) is 15.6. The van der Waals surface area contributed by atoms with Crippen LogP contribution in [0.2, 0.25) is 0 Å². The molecule has 0 aromatic heterocycles. The smallest absolute Gasteiger partial charge is 0.387 e. The molecule has 1 aliphatic rings. The largest absolute Gasteiger partial charge is 0.481 e. The fraction of sp³-hybridized carbons (Fsp3) is 0.417. The van der Waals surface area contributed by atoms with Crippen LogP contribution in [0.1, 0.15) is 6.42 Å². The van der Waals surface area contributed by atoms with E-state index in [1.54, 1.807) is 0 Å². The Morgan fingerprint density at radius 2 is 2.05 bits per heavy atom. The molecule has 0 bridgehead atoms. The number of rotatable bonds is 5. The number of sulfonamides is 1. The molecule has 0 spiro atoms. The van der Waals surface area contributed by atoms with Crippen LogP contribution in [0.4, 0.5) is 8.78 Å². The standard InChI is InChI=1S/C12H13F2NO5S/c13-12(14)20-9-3-1-2-4-10(9)21(18,19)15-6-5-8(7-15)11(16)17/h1-4,8,12H,5-7H2,(H,16,17). The average molecular weight is 321 g/mol. The number of carbonyl (C=O) groups is 1. The second kappa shape index (κ2) is 5.94. The van der Waals surface area contributed by atoms with Gasteiger partial charge in [0.25, 0.3) is 0 Å². The maximum absolute atomic E-state index is 12.4. The number of halogens is 2. The number of ether oxygens (including phenoxy) is 1. The summed E-state index contributed by atoms with van der Waals surface area (Å²) in [5.41, 5.74) is 0. The van der Waals surface area contributed by atoms with Gasteiger partial charge in [0.15, 0.2) is 0 Å². The lowest BCUT2D eigenvalue weighted by Crippen LogP contribution is -2.30. The van der Waals surface area contributed by atoms with Gasteiger partial charge in [-0.2, -0.15) is 13.1 Å². The molecule has 0 aliphatic carbocycles. The predicted molar refractivity (Wildman–Crippen MR) is 67.6 cm³/mol. The summed E-state index contributed by atoms with van der Waals surface area (Å²) in [7, 11) is -4.07. The van der Waals surface area contributed by atoms with Gasteiger partial charge in [-0.15, -0.1) is 0 Å². The van der Waals surface area contributed by atoms with Crippen LogP contribution in [-0.4, -0.2) is 43.5 Å². The second-order valence-corrected chi connectivity index (χ2v) is 6.42. The van der Waals surface area contributed by atoms with Gasteiger partial charge >= 0.3 is 12.6 Å². The molecule has 1 heterocycles. The molecule has 1 unspecified atom stereocenters. The van der Waals surface area contributed by atoms with Crippen molar-refractivity contribution in [2.75, 3.05) is 13.1 Å². The van der Waals surface area contributed by atoms with E-state index in [1.165, 1.54) is 12.1 Å². The van der Waals surface area contributed by atoms with E-state index in [-0.39, 0.29) is 19.5 Å². The van der Waals surface area contributed by atoms with Gasteiger partial charge in [-0.05, 0) is 18.6 Å². The molecular weight excluding hydrogens is 308 g/mol. The van der Waals surface area contributed by atoms with Gasteiger partial charge in [0, 0.05) is 13.1 Å². The van der Waals surface area contributed by atoms with E-state index in [9.17, 15) is 22.0 Å². The molecule has 1 aromatic rings. The van der Waals surface area contributed by atoms with E-state index in [0.717, 1.165) is 16.4 Å². The minimum atomic E-state index is -4.07. The number of hydrogen-bond acceptors (Lipinski definition) is 4. The van der Waals surface area contributed by atoms with E-state index in [2.05, 4.69) is 4.74 Å². The quantitative estimate of drug-likeness (QED) is 0.886. The Hall–Kier alpha value is -1.74. The first-order valence-corrected chi connectivity index (χ1v) is 7.53. The van der Waals surface area contributed by atoms with Crippen LogP contribution < -0.4 is 4.74 Å². The molecular formula is C12H13F2NO5S. The van der Waals surface area contributed by atoms with E-state index in [0.29, 0.717) is 0 Å². The zero-order valence-electron chi connectivity index (χ0n) is 10.8. The highest BCUT2D eigenvalue weighted by atomic mass is 32.2. The van der Waals surface area contributed by atoms with Crippen molar-refractivity contribution in [3.05, 3.63) is 24.3 Å². The normalized spacial score (nSPS) is 19.9. The van der Waals surface area contributed by atoms with Crippen molar-refractivity contribution in [3.63, 3.8) is 0 Å². The van der Waals surface area contributed by atoms with Gasteiger partial charge in [0.1, 0.15) is 10.6 Å². The van der Waals surface area contributed by atoms with Gasteiger partial charge in [0.2, 0.25) is 10.0 Å². The number of benzene rings is 1. The van der Waals surface area contributed by atoms with Crippen molar-refractivity contribution in [1.29, 1.82) is 0 Å². The molecule has 0 saturated carbocycles. The molecule has 2 rings (SSSR count). The number of carboxylic acid groups (broad SMARTS) is 1. The van der Waals surface area contributed by atoms with Crippen LogP contribution in [0, 0.1) is 5.92 Å². The third kappa shape index (κ3) is 3.30. The van der Waals surface area contributed by atoms with Gasteiger partial charge < -0.3 is 9.84 Å². The summed E-state index contributed by atoms with van der Waals surface area (Å²) in [6.07, 6.45) is 0.187. The minimum Gasteiger partial charge on any atom is -0.481 e. The van der Waals surface area contributed by atoms with Gasteiger partial charge in [-0.3, -0.25) is 4.79 Å². The summed E-state index contributed by atoms with van der Waals surface area (Å²) in [4.78, 5) is 10.5. The monoisotopic (exact) mass is 321 g/mol. The van der Waals surface area contributed by atoms with Crippen LogP contribution in [0.5, 0.6) is 5.75 Å². The molecule has 1 aliphatic heterocycles. The first kappa shape index (κ1) is 15.6. The fourth-order valence-electron chi connectivity index (χ4n) is 2.14. The highest BCUT2D eigenvalue weighted by Crippen LogP contribution is 2.31. The Balaban J connectivity index is 2.30. The molecule has 0 amide bonds. The zero-order valence-corrected chi connectivity index (χ0v) is 11.6. The summed E-state index contributed by atoms with van der Waals surface area (Å²) in [5.74, 6) is -2.32. The van der Waals surface area contributed by atoms with Crippen LogP contribution in [0.25, 0.3) is 0 Å². The molecule has 9 heteroatoms. The predicted octanol–water partition coefficient (Wildman–Crippen LogP) is 1.38. The highest BCUT2D eigenvalue weighted by Gasteiger charge is 2.37. The number of hydrogen-bond donors (Lipinski definition) is 1. The summed E-state index contributed by atoms with van der Waals surface area (Å²) >= 11 is 0. The fourth-order valence-corrected chi connectivity index (χ4v) is 3.76. The average Bonchev–Trinajstić information content (AvgIpc) is 2.88. The summed E-state index contributed by atoms with van der Waals surface area (Å²) in [6.45, 7) is -3.30. The molecule has 116 valence electrons. The van der Waals surface area contributed by atoms with Crippen molar-refractivity contribution >= 4 is 16.0 Å². The molecule has 21 heavy (non-hydrogen) atoms. The Labute approximate surface area is 120 Å².